The first kappa shape index (κ1) is 13.9. The van der Waals surface area contributed by atoms with Gasteiger partial charge >= 0.3 is 0 Å². The fourth-order valence-corrected chi connectivity index (χ4v) is 2.88. The van der Waals surface area contributed by atoms with Gasteiger partial charge in [0.05, 0.1) is 11.2 Å². The summed E-state index contributed by atoms with van der Waals surface area (Å²) in [5, 5.41) is 8.04. The highest BCUT2D eigenvalue weighted by molar-refractivity contribution is 6.05. The summed E-state index contributed by atoms with van der Waals surface area (Å²) in [4.78, 5) is 12.4. The first-order valence-electron chi connectivity index (χ1n) is 7.68. The van der Waals surface area contributed by atoms with Gasteiger partial charge in [-0.15, -0.1) is 0 Å². The third-order valence-corrected chi connectivity index (χ3v) is 4.26. The Morgan fingerprint density at radius 2 is 1.96 bits per heavy atom. The van der Waals surface area contributed by atoms with Crippen molar-refractivity contribution in [2.45, 2.75) is 18.8 Å². The van der Waals surface area contributed by atoms with Gasteiger partial charge in [-0.2, -0.15) is 5.10 Å². The van der Waals surface area contributed by atoms with Crippen LogP contribution in [0.5, 0.6) is 0 Å². The van der Waals surface area contributed by atoms with E-state index in [4.69, 9.17) is 0 Å². The van der Waals surface area contributed by atoms with Crippen molar-refractivity contribution in [1.29, 1.82) is 0 Å². The number of amides is 1. The molecule has 0 saturated heterocycles. The number of rotatable bonds is 3. The summed E-state index contributed by atoms with van der Waals surface area (Å²) < 4.78 is 14.8. The minimum atomic E-state index is -0.317. The van der Waals surface area contributed by atoms with Crippen LogP contribution in [-0.2, 0) is 0 Å². The standard InChI is InChI=1S/C18H16FN3O/c1-20-18(23)17-15-10-12(11-2-3-11)4-9-16(15)21-22(17)14-7-5-13(19)6-8-14/h4-11H,2-3H2,1H3,(H,20,23). The second-order valence-electron chi connectivity index (χ2n) is 5.87. The quantitative estimate of drug-likeness (QED) is 0.806. The maximum Gasteiger partial charge on any atom is 0.270 e. The smallest absolute Gasteiger partial charge is 0.270 e. The van der Waals surface area contributed by atoms with Gasteiger partial charge in [0, 0.05) is 12.4 Å². The predicted octanol–water partition coefficient (Wildman–Crippen LogP) is 3.40. The number of fused-ring (bicyclic) bond motifs is 1. The van der Waals surface area contributed by atoms with Gasteiger partial charge in [-0.05, 0) is 60.7 Å². The highest BCUT2D eigenvalue weighted by Gasteiger charge is 2.25. The zero-order chi connectivity index (χ0) is 16.0. The van der Waals surface area contributed by atoms with Crippen LogP contribution >= 0.6 is 0 Å². The topological polar surface area (TPSA) is 46.9 Å². The van der Waals surface area contributed by atoms with Crippen LogP contribution in [0.15, 0.2) is 42.5 Å². The van der Waals surface area contributed by atoms with Gasteiger partial charge in [0.2, 0.25) is 0 Å². The van der Waals surface area contributed by atoms with Crippen LogP contribution in [0.25, 0.3) is 16.6 Å². The number of aromatic nitrogens is 2. The molecule has 0 bridgehead atoms. The van der Waals surface area contributed by atoms with Gasteiger partial charge in [-0.1, -0.05) is 6.07 Å². The predicted molar refractivity (Wildman–Crippen MR) is 86.4 cm³/mol. The van der Waals surface area contributed by atoms with Crippen molar-refractivity contribution in [3.8, 4) is 5.69 Å². The van der Waals surface area contributed by atoms with Crippen molar-refractivity contribution in [2.24, 2.45) is 0 Å². The monoisotopic (exact) mass is 309 g/mol. The van der Waals surface area contributed by atoms with E-state index >= 15 is 0 Å². The molecule has 0 atom stereocenters. The molecule has 4 nitrogen and oxygen atoms in total. The molecule has 1 aliphatic carbocycles. The molecule has 1 aromatic heterocycles. The van der Waals surface area contributed by atoms with Gasteiger partial charge < -0.3 is 5.32 Å². The largest absolute Gasteiger partial charge is 0.354 e. The summed E-state index contributed by atoms with van der Waals surface area (Å²) in [6.07, 6.45) is 2.40. The molecular formula is C18H16FN3O. The number of carbonyl (C=O) groups is 1. The van der Waals surface area contributed by atoms with E-state index in [0.717, 1.165) is 10.9 Å². The number of benzene rings is 2. The van der Waals surface area contributed by atoms with Gasteiger partial charge in [0.15, 0.2) is 0 Å². The van der Waals surface area contributed by atoms with E-state index in [1.165, 1.54) is 30.5 Å². The third kappa shape index (κ3) is 2.38. The minimum absolute atomic E-state index is 0.204. The van der Waals surface area contributed by atoms with E-state index in [9.17, 15) is 9.18 Å². The third-order valence-electron chi connectivity index (χ3n) is 4.26. The molecular weight excluding hydrogens is 293 g/mol. The maximum atomic E-state index is 13.2. The summed E-state index contributed by atoms with van der Waals surface area (Å²) in [6, 6.07) is 12.1. The van der Waals surface area contributed by atoms with Crippen LogP contribution in [0.2, 0.25) is 0 Å². The second kappa shape index (κ2) is 5.19. The lowest BCUT2D eigenvalue weighted by Crippen LogP contribution is -2.21. The maximum absolute atomic E-state index is 13.2. The van der Waals surface area contributed by atoms with Crippen LogP contribution in [0.1, 0.15) is 34.8 Å². The lowest BCUT2D eigenvalue weighted by Gasteiger charge is -2.07. The Kier molecular flexibility index (Phi) is 3.15. The molecule has 1 fully saturated rings. The van der Waals surface area contributed by atoms with E-state index in [-0.39, 0.29) is 11.7 Å². The Hall–Kier alpha value is -2.69. The molecule has 5 heteroatoms. The van der Waals surface area contributed by atoms with Gasteiger partial charge in [0.25, 0.3) is 5.91 Å². The summed E-state index contributed by atoms with van der Waals surface area (Å²) in [7, 11) is 1.60. The Labute approximate surface area is 132 Å². The van der Waals surface area contributed by atoms with Crippen molar-refractivity contribution in [3.05, 3.63) is 59.5 Å². The minimum Gasteiger partial charge on any atom is -0.354 e. The van der Waals surface area contributed by atoms with E-state index in [1.807, 2.05) is 6.07 Å². The summed E-state index contributed by atoms with van der Waals surface area (Å²) in [5.74, 6) is 0.0823. The normalized spacial score (nSPS) is 14.2. The average molecular weight is 309 g/mol. The van der Waals surface area contributed by atoms with E-state index < -0.39 is 0 Å². The number of nitrogens with one attached hydrogen (secondary N) is 1. The molecule has 2 aromatic carbocycles. The van der Waals surface area contributed by atoms with Gasteiger partial charge in [0.1, 0.15) is 11.5 Å². The first-order chi connectivity index (χ1) is 11.2. The fourth-order valence-electron chi connectivity index (χ4n) is 2.88. The first-order valence-corrected chi connectivity index (χ1v) is 7.68. The van der Waals surface area contributed by atoms with E-state index in [0.29, 0.717) is 17.3 Å². The van der Waals surface area contributed by atoms with E-state index in [1.54, 1.807) is 23.9 Å². The Bertz CT molecular complexity index is 895. The van der Waals surface area contributed by atoms with Crippen LogP contribution in [0.4, 0.5) is 4.39 Å². The van der Waals surface area contributed by atoms with Crippen molar-refractivity contribution in [1.82, 2.24) is 15.1 Å². The molecule has 0 spiro atoms. The molecule has 1 aliphatic rings. The van der Waals surface area contributed by atoms with Gasteiger partial charge in [-0.3, -0.25) is 4.79 Å². The van der Waals surface area contributed by atoms with Gasteiger partial charge in [-0.25, -0.2) is 9.07 Å². The lowest BCUT2D eigenvalue weighted by molar-refractivity contribution is 0.0957. The second-order valence-corrected chi connectivity index (χ2v) is 5.87. The van der Waals surface area contributed by atoms with Crippen molar-refractivity contribution in [3.63, 3.8) is 0 Å². The van der Waals surface area contributed by atoms with Crippen LogP contribution in [0, 0.1) is 5.82 Å². The molecule has 23 heavy (non-hydrogen) atoms. The summed E-state index contributed by atoms with van der Waals surface area (Å²) in [5.41, 5.74) is 3.16. The Morgan fingerprint density at radius 3 is 2.61 bits per heavy atom. The van der Waals surface area contributed by atoms with Crippen molar-refractivity contribution >= 4 is 16.8 Å². The Balaban J connectivity index is 1.95. The zero-order valence-electron chi connectivity index (χ0n) is 12.7. The number of hydrogen-bond donors (Lipinski definition) is 1. The zero-order valence-corrected chi connectivity index (χ0v) is 12.7. The van der Waals surface area contributed by atoms with E-state index in [2.05, 4.69) is 22.5 Å². The SMILES string of the molecule is CNC(=O)c1c2cc(C3CC3)ccc2nn1-c1ccc(F)cc1. The molecule has 1 saturated carbocycles. The molecule has 116 valence electrons. The van der Waals surface area contributed by atoms with Crippen molar-refractivity contribution < 1.29 is 9.18 Å². The Morgan fingerprint density at radius 1 is 1.22 bits per heavy atom. The molecule has 4 rings (SSSR count). The number of halogens is 1. The molecule has 1 N–H and O–H groups in total. The van der Waals surface area contributed by atoms with Crippen LogP contribution < -0.4 is 5.32 Å². The molecule has 1 amide bonds. The molecule has 0 radical (unpaired) electrons. The fraction of sp³-hybridized carbons (Fsp3) is 0.222. The lowest BCUT2D eigenvalue weighted by atomic mass is 10.1. The number of nitrogens with zero attached hydrogens (tertiary/aromatic N) is 2. The number of hydrogen-bond acceptors (Lipinski definition) is 2. The molecule has 1 heterocycles. The van der Waals surface area contributed by atoms with Crippen LogP contribution in [0.3, 0.4) is 0 Å². The molecule has 3 aromatic rings. The highest BCUT2D eigenvalue weighted by atomic mass is 19.1. The molecule has 0 unspecified atom stereocenters. The van der Waals surface area contributed by atoms with Crippen LogP contribution in [-0.4, -0.2) is 22.7 Å². The number of carbonyl (C=O) groups excluding carboxylic acids is 1. The highest BCUT2D eigenvalue weighted by Crippen LogP contribution is 2.41. The molecule has 0 aliphatic heterocycles. The summed E-state index contributed by atoms with van der Waals surface area (Å²) in [6.45, 7) is 0. The van der Waals surface area contributed by atoms with Crippen molar-refractivity contribution in [2.75, 3.05) is 7.05 Å². The average Bonchev–Trinajstić information content (AvgIpc) is 3.35. The summed E-state index contributed by atoms with van der Waals surface area (Å²) >= 11 is 0.